The first kappa shape index (κ1) is 12.8. The number of rotatable bonds is 2. The Morgan fingerprint density at radius 3 is 2.84 bits per heavy atom. The van der Waals surface area contributed by atoms with Crippen LogP contribution in [0.3, 0.4) is 0 Å². The summed E-state index contributed by atoms with van der Waals surface area (Å²) >= 11 is 1.77. The Kier molecular flexibility index (Phi) is 3.19. The summed E-state index contributed by atoms with van der Waals surface area (Å²) in [5.74, 6) is 0.638. The third kappa shape index (κ3) is 1.92. The van der Waals surface area contributed by atoms with Crippen LogP contribution in [0.25, 0.3) is 0 Å². The van der Waals surface area contributed by atoms with Crippen LogP contribution in [0.2, 0.25) is 0 Å². The van der Waals surface area contributed by atoms with E-state index in [0.29, 0.717) is 5.92 Å². The van der Waals surface area contributed by atoms with Gasteiger partial charge in [0, 0.05) is 11.1 Å². The number of hydrogen-bond donors (Lipinski definition) is 1. The molecule has 0 saturated heterocycles. The molecule has 0 amide bonds. The van der Waals surface area contributed by atoms with E-state index < -0.39 is 0 Å². The first-order valence-electron chi connectivity index (χ1n) is 6.88. The van der Waals surface area contributed by atoms with Crippen LogP contribution in [-0.4, -0.2) is 12.0 Å². The van der Waals surface area contributed by atoms with Gasteiger partial charge in [-0.25, -0.2) is 4.98 Å². The zero-order valence-corrected chi connectivity index (χ0v) is 12.6. The maximum atomic E-state index is 4.76. The molecule has 0 bridgehead atoms. The highest BCUT2D eigenvalue weighted by Crippen LogP contribution is 2.45. The lowest BCUT2D eigenvalue weighted by Crippen LogP contribution is -2.44. The Bertz CT molecular complexity index is 590. The highest BCUT2D eigenvalue weighted by Gasteiger charge is 2.40. The average Bonchev–Trinajstić information content (AvgIpc) is 2.87. The van der Waals surface area contributed by atoms with Crippen molar-refractivity contribution in [1.29, 1.82) is 0 Å². The molecule has 19 heavy (non-hydrogen) atoms. The molecule has 100 valence electrons. The standard InChI is InChI=1S/C16H20N2S/c1-11-8-9-16(17-3,15-18-12(2)10-19-15)14-7-5-4-6-13(11)14/h4-7,10-11,17H,8-9H2,1-3H3. The van der Waals surface area contributed by atoms with E-state index in [2.05, 4.69) is 55.9 Å². The van der Waals surface area contributed by atoms with Crippen LogP contribution in [0.1, 0.15) is 47.5 Å². The van der Waals surface area contributed by atoms with Crippen molar-refractivity contribution in [2.75, 3.05) is 7.05 Å². The van der Waals surface area contributed by atoms with Gasteiger partial charge in [0.25, 0.3) is 0 Å². The summed E-state index contributed by atoms with van der Waals surface area (Å²) in [6, 6.07) is 8.82. The van der Waals surface area contributed by atoms with Crippen molar-refractivity contribution in [1.82, 2.24) is 10.3 Å². The molecular weight excluding hydrogens is 252 g/mol. The van der Waals surface area contributed by atoms with Gasteiger partial charge in [-0.05, 0) is 43.9 Å². The molecule has 0 aliphatic heterocycles. The molecule has 0 spiro atoms. The molecule has 2 aromatic rings. The molecule has 1 aromatic carbocycles. The molecule has 0 fully saturated rings. The number of benzene rings is 1. The monoisotopic (exact) mass is 272 g/mol. The van der Waals surface area contributed by atoms with Crippen molar-refractivity contribution in [3.63, 3.8) is 0 Å². The van der Waals surface area contributed by atoms with E-state index in [-0.39, 0.29) is 5.54 Å². The summed E-state index contributed by atoms with van der Waals surface area (Å²) < 4.78 is 0. The van der Waals surface area contributed by atoms with Crippen LogP contribution < -0.4 is 5.32 Å². The summed E-state index contributed by atoms with van der Waals surface area (Å²) in [7, 11) is 2.06. The van der Waals surface area contributed by atoms with Crippen molar-refractivity contribution in [3.8, 4) is 0 Å². The number of aryl methyl sites for hydroxylation is 1. The molecule has 2 unspecified atom stereocenters. The number of aromatic nitrogens is 1. The van der Waals surface area contributed by atoms with Gasteiger partial charge in [0.15, 0.2) is 0 Å². The van der Waals surface area contributed by atoms with Crippen molar-refractivity contribution >= 4 is 11.3 Å². The zero-order valence-electron chi connectivity index (χ0n) is 11.7. The second-order valence-electron chi connectivity index (χ2n) is 5.48. The fourth-order valence-electron chi connectivity index (χ4n) is 3.18. The van der Waals surface area contributed by atoms with Crippen LogP contribution in [0.5, 0.6) is 0 Å². The summed E-state index contributed by atoms with van der Waals surface area (Å²) in [6.45, 7) is 4.40. The Hall–Kier alpha value is -1.19. The van der Waals surface area contributed by atoms with Crippen LogP contribution in [0.4, 0.5) is 0 Å². The Morgan fingerprint density at radius 2 is 2.16 bits per heavy atom. The first-order valence-corrected chi connectivity index (χ1v) is 7.76. The summed E-state index contributed by atoms with van der Waals surface area (Å²) in [5.41, 5.74) is 3.90. The van der Waals surface area contributed by atoms with Gasteiger partial charge in [-0.1, -0.05) is 31.2 Å². The molecule has 2 nitrogen and oxygen atoms in total. The summed E-state index contributed by atoms with van der Waals surface area (Å²) in [5, 5.41) is 6.92. The normalized spacial score (nSPS) is 26.2. The topological polar surface area (TPSA) is 24.9 Å². The minimum atomic E-state index is -0.0952. The van der Waals surface area contributed by atoms with Gasteiger partial charge >= 0.3 is 0 Å². The van der Waals surface area contributed by atoms with Crippen molar-refractivity contribution in [2.24, 2.45) is 0 Å². The van der Waals surface area contributed by atoms with E-state index in [0.717, 1.165) is 12.1 Å². The molecule has 1 N–H and O–H groups in total. The van der Waals surface area contributed by atoms with Crippen LogP contribution >= 0.6 is 11.3 Å². The molecule has 2 atom stereocenters. The predicted molar refractivity (Wildman–Crippen MR) is 80.8 cm³/mol. The van der Waals surface area contributed by atoms with Crippen molar-refractivity contribution in [2.45, 2.75) is 38.1 Å². The third-order valence-corrected chi connectivity index (χ3v) is 5.44. The summed E-state index contributed by atoms with van der Waals surface area (Å²) in [6.07, 6.45) is 2.32. The zero-order chi connectivity index (χ0) is 13.5. The maximum Gasteiger partial charge on any atom is 0.118 e. The predicted octanol–water partition coefficient (Wildman–Crippen LogP) is 3.81. The van der Waals surface area contributed by atoms with Gasteiger partial charge in [0.05, 0.1) is 5.54 Å². The smallest absolute Gasteiger partial charge is 0.118 e. The van der Waals surface area contributed by atoms with E-state index in [9.17, 15) is 0 Å². The Balaban J connectivity index is 2.20. The lowest BCUT2D eigenvalue weighted by molar-refractivity contribution is 0.349. The lowest BCUT2D eigenvalue weighted by atomic mass is 9.72. The fraction of sp³-hybridized carbons (Fsp3) is 0.438. The lowest BCUT2D eigenvalue weighted by Gasteiger charge is -2.40. The van der Waals surface area contributed by atoms with E-state index in [1.54, 1.807) is 11.3 Å². The van der Waals surface area contributed by atoms with Gasteiger partial charge < -0.3 is 5.32 Å². The number of nitrogens with zero attached hydrogens (tertiary/aromatic N) is 1. The van der Waals surface area contributed by atoms with E-state index in [1.807, 2.05) is 0 Å². The highest BCUT2D eigenvalue weighted by atomic mass is 32.1. The third-order valence-electron chi connectivity index (χ3n) is 4.31. The van der Waals surface area contributed by atoms with Gasteiger partial charge in [0.1, 0.15) is 5.01 Å². The molecule has 3 heteroatoms. The SMILES string of the molecule is CNC1(c2nc(C)cs2)CCC(C)c2ccccc21. The van der Waals surface area contributed by atoms with E-state index in [1.165, 1.54) is 22.6 Å². The highest BCUT2D eigenvalue weighted by molar-refractivity contribution is 7.09. The van der Waals surface area contributed by atoms with Gasteiger partial charge in [-0.3, -0.25) is 0 Å². The molecule has 0 radical (unpaired) electrons. The molecule has 3 rings (SSSR count). The number of nitrogens with one attached hydrogen (secondary N) is 1. The second kappa shape index (κ2) is 4.73. The van der Waals surface area contributed by atoms with Crippen molar-refractivity contribution in [3.05, 3.63) is 51.5 Å². The van der Waals surface area contributed by atoms with E-state index in [4.69, 9.17) is 4.98 Å². The van der Waals surface area contributed by atoms with Crippen LogP contribution in [0.15, 0.2) is 29.6 Å². The largest absolute Gasteiger partial charge is 0.305 e. The van der Waals surface area contributed by atoms with E-state index >= 15 is 0 Å². The van der Waals surface area contributed by atoms with Gasteiger partial charge in [-0.15, -0.1) is 11.3 Å². The minimum Gasteiger partial charge on any atom is -0.305 e. The molecule has 1 aliphatic rings. The minimum absolute atomic E-state index is 0.0952. The quantitative estimate of drug-likeness (QED) is 0.899. The van der Waals surface area contributed by atoms with Gasteiger partial charge in [0.2, 0.25) is 0 Å². The fourth-order valence-corrected chi connectivity index (χ4v) is 4.22. The first-order chi connectivity index (χ1) is 9.17. The molecule has 1 heterocycles. The second-order valence-corrected chi connectivity index (χ2v) is 6.33. The molecule has 1 aromatic heterocycles. The molecule has 1 aliphatic carbocycles. The number of hydrogen-bond acceptors (Lipinski definition) is 3. The number of fused-ring (bicyclic) bond motifs is 1. The van der Waals surface area contributed by atoms with Crippen LogP contribution in [-0.2, 0) is 5.54 Å². The number of thiazole rings is 1. The van der Waals surface area contributed by atoms with Gasteiger partial charge in [-0.2, -0.15) is 0 Å². The maximum absolute atomic E-state index is 4.76. The molecular formula is C16H20N2S. The molecule has 0 saturated carbocycles. The Labute approximate surface area is 118 Å². The summed E-state index contributed by atoms with van der Waals surface area (Å²) in [4.78, 5) is 4.76. The van der Waals surface area contributed by atoms with Crippen LogP contribution in [0, 0.1) is 6.92 Å². The Morgan fingerprint density at radius 1 is 1.37 bits per heavy atom. The van der Waals surface area contributed by atoms with Crippen molar-refractivity contribution < 1.29 is 0 Å². The average molecular weight is 272 g/mol.